The molecular weight excluding hydrogens is 220 g/mol. The highest BCUT2D eigenvalue weighted by Crippen LogP contribution is 2.56. The van der Waals surface area contributed by atoms with Gasteiger partial charge < -0.3 is 5.32 Å². The molecule has 2 aliphatic heterocycles. The van der Waals surface area contributed by atoms with Crippen LogP contribution in [0, 0.1) is 11.3 Å². The highest BCUT2D eigenvalue weighted by molar-refractivity contribution is 5.16. The normalized spacial score (nSPS) is 43.9. The first-order valence-electron chi connectivity index (χ1n) is 7.66. The summed E-state index contributed by atoms with van der Waals surface area (Å²) in [6, 6.07) is 0.688. The van der Waals surface area contributed by atoms with E-state index in [1.165, 1.54) is 45.2 Å². The van der Waals surface area contributed by atoms with Crippen molar-refractivity contribution in [3.05, 3.63) is 12.2 Å². The number of nitrogens with zero attached hydrogens (tertiary/aromatic N) is 1. The molecule has 3 aliphatic rings. The van der Waals surface area contributed by atoms with Crippen molar-refractivity contribution < 1.29 is 0 Å². The van der Waals surface area contributed by atoms with Crippen molar-refractivity contribution in [3.63, 3.8) is 0 Å². The molecule has 2 nitrogen and oxygen atoms in total. The average molecular weight is 248 g/mol. The lowest BCUT2D eigenvalue weighted by molar-refractivity contribution is 0.0669. The van der Waals surface area contributed by atoms with E-state index in [9.17, 15) is 0 Å². The van der Waals surface area contributed by atoms with E-state index in [4.69, 9.17) is 0 Å². The van der Waals surface area contributed by atoms with Crippen LogP contribution in [0.4, 0.5) is 0 Å². The van der Waals surface area contributed by atoms with Crippen molar-refractivity contribution in [2.75, 3.05) is 20.1 Å². The monoisotopic (exact) mass is 248 g/mol. The van der Waals surface area contributed by atoms with Gasteiger partial charge in [0.05, 0.1) is 0 Å². The van der Waals surface area contributed by atoms with Crippen LogP contribution in [0.15, 0.2) is 12.2 Å². The fourth-order valence-electron chi connectivity index (χ4n) is 4.75. The van der Waals surface area contributed by atoms with E-state index in [1.807, 2.05) is 0 Å². The van der Waals surface area contributed by atoms with Crippen LogP contribution in [0.3, 0.4) is 0 Å². The molecule has 0 aromatic heterocycles. The molecule has 0 amide bonds. The number of hydrogen-bond acceptors (Lipinski definition) is 2. The zero-order valence-corrected chi connectivity index (χ0v) is 12.2. The summed E-state index contributed by atoms with van der Waals surface area (Å²) in [7, 11) is 2.35. The molecule has 2 heteroatoms. The third kappa shape index (κ3) is 1.85. The third-order valence-corrected chi connectivity index (χ3v) is 6.16. The molecule has 1 aliphatic carbocycles. The van der Waals surface area contributed by atoms with Crippen LogP contribution in [0.1, 0.15) is 46.0 Å². The molecule has 1 saturated heterocycles. The van der Waals surface area contributed by atoms with Crippen LogP contribution in [0.5, 0.6) is 0 Å². The minimum atomic E-state index is 0.393. The predicted octanol–water partition coefficient (Wildman–Crippen LogP) is 2.81. The molecule has 0 bridgehead atoms. The smallest absolute Gasteiger partial charge is 0.0249 e. The second kappa shape index (κ2) is 4.35. The molecule has 0 unspecified atom stereocenters. The van der Waals surface area contributed by atoms with Crippen LogP contribution in [0.25, 0.3) is 0 Å². The van der Waals surface area contributed by atoms with E-state index in [0.29, 0.717) is 17.0 Å². The van der Waals surface area contributed by atoms with Crippen molar-refractivity contribution >= 4 is 0 Å². The lowest BCUT2D eigenvalue weighted by Gasteiger charge is -2.43. The van der Waals surface area contributed by atoms with Gasteiger partial charge in [0.2, 0.25) is 0 Å². The summed E-state index contributed by atoms with van der Waals surface area (Å²) in [5, 5.41) is 3.53. The van der Waals surface area contributed by atoms with Gasteiger partial charge in [-0.1, -0.05) is 12.2 Å². The number of piperidine rings is 1. The number of fused-ring (bicyclic) bond motifs is 1. The Labute approximate surface area is 112 Å². The topological polar surface area (TPSA) is 15.3 Å². The van der Waals surface area contributed by atoms with Gasteiger partial charge in [-0.3, -0.25) is 4.90 Å². The summed E-state index contributed by atoms with van der Waals surface area (Å²) < 4.78 is 0. The molecular formula is C16H28N2. The molecule has 18 heavy (non-hydrogen) atoms. The van der Waals surface area contributed by atoms with Gasteiger partial charge in [-0.2, -0.15) is 0 Å². The Kier molecular flexibility index (Phi) is 3.06. The Morgan fingerprint density at radius 2 is 2.00 bits per heavy atom. The van der Waals surface area contributed by atoms with Gasteiger partial charge >= 0.3 is 0 Å². The van der Waals surface area contributed by atoms with Crippen LogP contribution in [-0.2, 0) is 0 Å². The quantitative estimate of drug-likeness (QED) is 0.663. The van der Waals surface area contributed by atoms with E-state index in [0.717, 1.165) is 5.92 Å². The maximum absolute atomic E-state index is 3.53. The summed E-state index contributed by atoms with van der Waals surface area (Å²) in [5.41, 5.74) is 1.02. The van der Waals surface area contributed by atoms with Crippen molar-refractivity contribution in [3.8, 4) is 0 Å². The largest absolute Gasteiger partial charge is 0.317 e. The molecule has 1 saturated carbocycles. The van der Waals surface area contributed by atoms with Gasteiger partial charge in [0.15, 0.2) is 0 Å². The Bertz CT molecular complexity index is 343. The van der Waals surface area contributed by atoms with Crippen molar-refractivity contribution in [1.82, 2.24) is 10.2 Å². The first-order valence-corrected chi connectivity index (χ1v) is 7.66. The van der Waals surface area contributed by atoms with Crippen molar-refractivity contribution in [2.45, 2.75) is 57.5 Å². The second-order valence-electron chi connectivity index (χ2n) is 7.22. The minimum Gasteiger partial charge on any atom is -0.317 e. The van der Waals surface area contributed by atoms with Gasteiger partial charge in [0, 0.05) is 11.6 Å². The molecule has 3 atom stereocenters. The SMILES string of the molecule is C[C@@H]1CC=C[C@@H]2CC3(CCNCC3)C[C@@]2(C)N1C. The van der Waals surface area contributed by atoms with E-state index in [1.54, 1.807) is 0 Å². The third-order valence-electron chi connectivity index (χ3n) is 6.16. The molecule has 1 spiro atoms. The first-order chi connectivity index (χ1) is 8.56. The Morgan fingerprint density at radius 1 is 1.28 bits per heavy atom. The highest BCUT2D eigenvalue weighted by Gasteiger charge is 2.53. The summed E-state index contributed by atoms with van der Waals surface area (Å²) in [6.07, 6.45) is 11.8. The maximum atomic E-state index is 3.53. The Hall–Kier alpha value is -0.340. The zero-order valence-electron chi connectivity index (χ0n) is 12.2. The number of hydrogen-bond donors (Lipinski definition) is 1. The number of rotatable bonds is 0. The Morgan fingerprint density at radius 3 is 2.72 bits per heavy atom. The molecule has 2 heterocycles. The zero-order chi connectivity index (χ0) is 12.8. The maximum Gasteiger partial charge on any atom is 0.0249 e. The van der Waals surface area contributed by atoms with Crippen molar-refractivity contribution in [1.29, 1.82) is 0 Å². The van der Waals surface area contributed by atoms with Gasteiger partial charge in [-0.25, -0.2) is 0 Å². The van der Waals surface area contributed by atoms with E-state index >= 15 is 0 Å². The molecule has 0 aromatic rings. The fourth-order valence-corrected chi connectivity index (χ4v) is 4.75. The summed E-state index contributed by atoms with van der Waals surface area (Å²) in [6.45, 7) is 7.35. The molecule has 0 radical (unpaired) electrons. The van der Waals surface area contributed by atoms with Crippen LogP contribution >= 0.6 is 0 Å². The molecule has 3 rings (SSSR count). The lowest BCUT2D eigenvalue weighted by Crippen LogP contribution is -2.50. The standard InChI is InChI=1S/C16H28N2/c1-13-5-4-6-14-11-16(7-9-17-10-8-16)12-15(14,2)18(13)3/h4,6,13-14,17H,5,7-12H2,1-3H3/t13-,14-,15-/m1/s1. The van der Waals surface area contributed by atoms with E-state index < -0.39 is 0 Å². The fraction of sp³-hybridized carbons (Fsp3) is 0.875. The minimum absolute atomic E-state index is 0.393. The summed E-state index contributed by atoms with van der Waals surface area (Å²) >= 11 is 0. The average Bonchev–Trinajstić information content (AvgIpc) is 2.58. The van der Waals surface area contributed by atoms with E-state index in [-0.39, 0.29) is 0 Å². The molecule has 1 N–H and O–H groups in total. The van der Waals surface area contributed by atoms with Crippen LogP contribution < -0.4 is 5.32 Å². The van der Waals surface area contributed by atoms with E-state index in [2.05, 4.69) is 43.3 Å². The lowest BCUT2D eigenvalue weighted by atomic mass is 9.76. The predicted molar refractivity (Wildman–Crippen MR) is 76.6 cm³/mol. The second-order valence-corrected chi connectivity index (χ2v) is 7.22. The van der Waals surface area contributed by atoms with Gasteiger partial charge in [-0.05, 0) is 77.4 Å². The van der Waals surface area contributed by atoms with Crippen LogP contribution in [-0.4, -0.2) is 36.6 Å². The summed E-state index contributed by atoms with van der Waals surface area (Å²) in [5.74, 6) is 0.769. The number of nitrogens with one attached hydrogen (secondary N) is 1. The van der Waals surface area contributed by atoms with Gasteiger partial charge in [-0.15, -0.1) is 0 Å². The molecule has 2 fully saturated rings. The first kappa shape index (κ1) is 12.7. The molecule has 0 aromatic carbocycles. The summed E-state index contributed by atoms with van der Waals surface area (Å²) in [4.78, 5) is 2.68. The van der Waals surface area contributed by atoms with Gasteiger partial charge in [0.1, 0.15) is 0 Å². The highest BCUT2D eigenvalue weighted by atomic mass is 15.2. The van der Waals surface area contributed by atoms with Gasteiger partial charge in [0.25, 0.3) is 0 Å². The molecule has 102 valence electrons. The van der Waals surface area contributed by atoms with Crippen LogP contribution in [0.2, 0.25) is 0 Å². The van der Waals surface area contributed by atoms with Crippen molar-refractivity contribution in [2.24, 2.45) is 11.3 Å². The Balaban J connectivity index is 1.89.